The second kappa shape index (κ2) is 5.69. The van der Waals surface area contributed by atoms with Crippen molar-refractivity contribution in [2.75, 3.05) is 7.11 Å². The van der Waals surface area contributed by atoms with Crippen LogP contribution >= 0.6 is 0 Å². The van der Waals surface area contributed by atoms with Crippen molar-refractivity contribution >= 4 is 16.9 Å². The Hall–Kier alpha value is -1.81. The molecule has 4 heteroatoms. The van der Waals surface area contributed by atoms with Crippen LogP contribution in [0.2, 0.25) is 0 Å². The molecule has 1 unspecified atom stereocenters. The van der Waals surface area contributed by atoms with Crippen LogP contribution < -0.4 is 0 Å². The maximum Gasteiger partial charge on any atom is 0.309 e. The molecule has 0 saturated carbocycles. The number of esters is 1. The lowest BCUT2D eigenvalue weighted by molar-refractivity contribution is -0.170. The number of methoxy groups -OCH3 is 1. The van der Waals surface area contributed by atoms with Gasteiger partial charge in [-0.05, 0) is 24.4 Å². The third-order valence-corrected chi connectivity index (χ3v) is 2.87. The molecule has 18 heavy (non-hydrogen) atoms. The van der Waals surface area contributed by atoms with E-state index < -0.39 is 6.29 Å². The van der Waals surface area contributed by atoms with E-state index in [4.69, 9.17) is 9.47 Å². The normalized spacial score (nSPS) is 12.6. The van der Waals surface area contributed by atoms with Gasteiger partial charge in [0, 0.05) is 25.4 Å². The first-order chi connectivity index (χ1) is 8.70. The van der Waals surface area contributed by atoms with Gasteiger partial charge in [-0.3, -0.25) is 4.79 Å². The summed E-state index contributed by atoms with van der Waals surface area (Å²) < 4.78 is 12.0. The van der Waals surface area contributed by atoms with Crippen LogP contribution in [0.15, 0.2) is 36.5 Å². The minimum Gasteiger partial charge on any atom is -0.436 e. The third kappa shape index (κ3) is 2.90. The summed E-state index contributed by atoms with van der Waals surface area (Å²) in [6.45, 7) is 2.31. The van der Waals surface area contributed by atoms with Gasteiger partial charge in [0.1, 0.15) is 0 Å². The second-order valence-corrected chi connectivity index (χ2v) is 4.11. The number of fused-ring (bicyclic) bond motifs is 1. The first-order valence-corrected chi connectivity index (χ1v) is 5.97. The largest absolute Gasteiger partial charge is 0.436 e. The summed E-state index contributed by atoms with van der Waals surface area (Å²) in [6.07, 6.45) is 1.84. The quantitative estimate of drug-likeness (QED) is 0.602. The molecule has 1 atom stereocenters. The molecule has 2 rings (SSSR count). The topological polar surface area (TPSA) is 40.5 Å². The lowest BCUT2D eigenvalue weighted by Gasteiger charge is -2.11. The zero-order chi connectivity index (χ0) is 13.0. The second-order valence-electron chi connectivity index (χ2n) is 4.11. The first kappa shape index (κ1) is 12.6. The number of carbonyl (C=O) groups excluding carboxylic acids is 1. The van der Waals surface area contributed by atoms with Gasteiger partial charge >= 0.3 is 5.97 Å². The fourth-order valence-electron chi connectivity index (χ4n) is 1.84. The molecule has 0 bridgehead atoms. The Morgan fingerprint density at radius 2 is 2.11 bits per heavy atom. The average Bonchev–Trinajstić information content (AvgIpc) is 2.79. The number of nitrogens with zero attached hydrogens (tertiary/aromatic N) is 1. The van der Waals surface area contributed by atoms with E-state index in [1.165, 1.54) is 12.5 Å². The molecular formula is C14H17NO3. The minimum atomic E-state index is -0.487. The summed E-state index contributed by atoms with van der Waals surface area (Å²) in [5.74, 6) is -0.248. The summed E-state index contributed by atoms with van der Waals surface area (Å²) in [4.78, 5) is 11.5. The molecule has 0 aliphatic heterocycles. The molecule has 2 aromatic rings. The highest BCUT2D eigenvalue weighted by atomic mass is 16.7. The van der Waals surface area contributed by atoms with Crippen molar-refractivity contribution in [3.63, 3.8) is 0 Å². The number of benzene rings is 1. The Labute approximate surface area is 106 Å². The van der Waals surface area contributed by atoms with Crippen LogP contribution in [-0.2, 0) is 20.8 Å². The zero-order valence-electron chi connectivity index (χ0n) is 10.6. The molecule has 96 valence electrons. The van der Waals surface area contributed by atoms with Crippen LogP contribution in [0.3, 0.4) is 0 Å². The van der Waals surface area contributed by atoms with Crippen LogP contribution in [0.1, 0.15) is 13.3 Å². The van der Waals surface area contributed by atoms with Gasteiger partial charge < -0.3 is 14.0 Å². The highest BCUT2D eigenvalue weighted by Gasteiger charge is 2.09. The van der Waals surface area contributed by atoms with Gasteiger partial charge in [-0.1, -0.05) is 18.2 Å². The Bertz CT molecular complexity index is 533. The van der Waals surface area contributed by atoms with Crippen molar-refractivity contribution in [1.29, 1.82) is 0 Å². The number of aryl methyl sites for hydroxylation is 1. The SMILES string of the molecule is COC(C)OC(=O)CCn1ccc2ccccc21. The Balaban J connectivity index is 1.96. The van der Waals surface area contributed by atoms with Gasteiger partial charge in [-0.25, -0.2) is 0 Å². The van der Waals surface area contributed by atoms with Crippen LogP contribution in [0.25, 0.3) is 10.9 Å². The van der Waals surface area contributed by atoms with Gasteiger partial charge in [0.05, 0.1) is 6.42 Å². The van der Waals surface area contributed by atoms with Crippen molar-refractivity contribution in [2.24, 2.45) is 0 Å². The molecule has 0 aliphatic carbocycles. The highest BCUT2D eigenvalue weighted by molar-refractivity contribution is 5.80. The Morgan fingerprint density at radius 3 is 2.89 bits per heavy atom. The number of carbonyl (C=O) groups is 1. The van der Waals surface area contributed by atoms with E-state index in [9.17, 15) is 4.79 Å². The van der Waals surface area contributed by atoms with Crippen molar-refractivity contribution < 1.29 is 14.3 Å². The standard InChI is InChI=1S/C14H17NO3/c1-11(17-2)18-14(16)8-10-15-9-7-12-5-3-4-6-13(12)15/h3-7,9,11H,8,10H2,1-2H3. The van der Waals surface area contributed by atoms with Crippen molar-refractivity contribution in [2.45, 2.75) is 26.2 Å². The summed E-state index contributed by atoms with van der Waals surface area (Å²) in [5.41, 5.74) is 1.13. The third-order valence-electron chi connectivity index (χ3n) is 2.87. The van der Waals surface area contributed by atoms with E-state index in [0.29, 0.717) is 13.0 Å². The maximum atomic E-state index is 11.5. The summed E-state index contributed by atoms with van der Waals surface area (Å²) >= 11 is 0. The van der Waals surface area contributed by atoms with E-state index in [2.05, 4.69) is 6.07 Å². The van der Waals surface area contributed by atoms with Gasteiger partial charge in [0.15, 0.2) is 6.29 Å². The minimum absolute atomic E-state index is 0.248. The van der Waals surface area contributed by atoms with Gasteiger partial charge in [-0.2, -0.15) is 0 Å². The molecule has 0 amide bonds. The highest BCUT2D eigenvalue weighted by Crippen LogP contribution is 2.15. The molecule has 0 spiro atoms. The lowest BCUT2D eigenvalue weighted by atomic mass is 10.2. The fourth-order valence-corrected chi connectivity index (χ4v) is 1.84. The molecule has 1 aromatic carbocycles. The van der Waals surface area contributed by atoms with Crippen molar-refractivity contribution in [1.82, 2.24) is 4.57 Å². The number of hydrogen-bond donors (Lipinski definition) is 0. The number of ether oxygens (including phenoxy) is 2. The van der Waals surface area contributed by atoms with Crippen LogP contribution in [0, 0.1) is 0 Å². The molecule has 0 N–H and O–H groups in total. The van der Waals surface area contributed by atoms with Crippen LogP contribution in [0.5, 0.6) is 0 Å². The number of hydrogen-bond acceptors (Lipinski definition) is 3. The van der Waals surface area contributed by atoms with Crippen molar-refractivity contribution in [3.05, 3.63) is 36.5 Å². The van der Waals surface area contributed by atoms with E-state index in [1.807, 2.05) is 35.0 Å². The van der Waals surface area contributed by atoms with E-state index >= 15 is 0 Å². The average molecular weight is 247 g/mol. The predicted octanol–water partition coefficient (Wildman–Crippen LogP) is 2.57. The van der Waals surface area contributed by atoms with Gasteiger partial charge in [-0.15, -0.1) is 0 Å². The van der Waals surface area contributed by atoms with E-state index in [1.54, 1.807) is 6.92 Å². The molecule has 1 aromatic heterocycles. The zero-order valence-corrected chi connectivity index (χ0v) is 10.6. The molecule has 1 heterocycles. The molecule has 0 fully saturated rings. The van der Waals surface area contributed by atoms with Crippen molar-refractivity contribution in [3.8, 4) is 0 Å². The number of rotatable bonds is 5. The lowest BCUT2D eigenvalue weighted by Crippen LogP contribution is -2.17. The molecule has 0 aliphatic rings. The van der Waals surface area contributed by atoms with E-state index in [-0.39, 0.29) is 5.97 Å². The Morgan fingerprint density at radius 1 is 1.33 bits per heavy atom. The molecule has 4 nitrogen and oxygen atoms in total. The predicted molar refractivity (Wildman–Crippen MR) is 69.1 cm³/mol. The monoisotopic (exact) mass is 247 g/mol. The number of para-hydroxylation sites is 1. The summed E-state index contributed by atoms with van der Waals surface area (Å²) in [6, 6.07) is 10.1. The maximum absolute atomic E-state index is 11.5. The Kier molecular flexibility index (Phi) is 3.99. The summed E-state index contributed by atoms with van der Waals surface area (Å²) in [7, 11) is 1.51. The van der Waals surface area contributed by atoms with Gasteiger partial charge in [0.25, 0.3) is 0 Å². The molecule has 0 radical (unpaired) electrons. The van der Waals surface area contributed by atoms with Gasteiger partial charge in [0.2, 0.25) is 0 Å². The fraction of sp³-hybridized carbons (Fsp3) is 0.357. The molecule has 0 saturated heterocycles. The smallest absolute Gasteiger partial charge is 0.309 e. The first-order valence-electron chi connectivity index (χ1n) is 5.97. The summed E-state index contributed by atoms with van der Waals surface area (Å²) in [5, 5.41) is 1.18. The molecular weight excluding hydrogens is 230 g/mol. The van der Waals surface area contributed by atoms with E-state index in [0.717, 1.165) is 5.52 Å². The van der Waals surface area contributed by atoms with Crippen LogP contribution in [0.4, 0.5) is 0 Å². The number of aromatic nitrogens is 1. The van der Waals surface area contributed by atoms with Crippen LogP contribution in [-0.4, -0.2) is 23.9 Å².